The molecule has 0 radical (unpaired) electrons. The maximum Gasteiger partial charge on any atom is 0.0594 e. The van der Waals surface area contributed by atoms with Gasteiger partial charge in [-0.2, -0.15) is 0 Å². The standard InChI is InChI=1S/C19H29NO/c1-3-12-20-19(16-11-13-21-14(16)2)18-10-5-4-9-17(18)15-7-6-8-15/h4-5,9-10,14-16,19-20H,3,6-8,11-13H2,1-2H3. The van der Waals surface area contributed by atoms with Crippen LogP contribution in [0.2, 0.25) is 0 Å². The first kappa shape index (κ1) is 15.1. The number of benzene rings is 1. The number of rotatable bonds is 6. The zero-order valence-corrected chi connectivity index (χ0v) is 13.5. The van der Waals surface area contributed by atoms with E-state index in [4.69, 9.17) is 4.74 Å². The van der Waals surface area contributed by atoms with Crippen molar-refractivity contribution in [3.63, 3.8) is 0 Å². The monoisotopic (exact) mass is 287 g/mol. The van der Waals surface area contributed by atoms with Crippen LogP contribution in [0.1, 0.15) is 69.0 Å². The molecule has 3 unspecified atom stereocenters. The summed E-state index contributed by atoms with van der Waals surface area (Å²) in [5, 5.41) is 3.82. The van der Waals surface area contributed by atoms with E-state index in [1.807, 2.05) is 0 Å². The molecule has 1 aromatic carbocycles. The lowest BCUT2D eigenvalue weighted by Gasteiger charge is -2.34. The number of hydrogen-bond donors (Lipinski definition) is 1. The molecule has 2 nitrogen and oxygen atoms in total. The van der Waals surface area contributed by atoms with E-state index in [0.717, 1.165) is 19.1 Å². The van der Waals surface area contributed by atoms with Crippen LogP contribution in [0, 0.1) is 5.92 Å². The van der Waals surface area contributed by atoms with Crippen molar-refractivity contribution in [2.24, 2.45) is 5.92 Å². The molecule has 1 aromatic rings. The first-order chi connectivity index (χ1) is 10.3. The lowest BCUT2D eigenvalue weighted by Crippen LogP contribution is -2.33. The van der Waals surface area contributed by atoms with E-state index in [-0.39, 0.29) is 0 Å². The van der Waals surface area contributed by atoms with Crippen LogP contribution in [0.15, 0.2) is 24.3 Å². The molecule has 2 fully saturated rings. The molecule has 1 saturated carbocycles. The Bertz CT molecular complexity index is 455. The van der Waals surface area contributed by atoms with Crippen LogP contribution in [0.25, 0.3) is 0 Å². The summed E-state index contributed by atoms with van der Waals surface area (Å²) < 4.78 is 5.85. The topological polar surface area (TPSA) is 21.3 Å². The fraction of sp³-hybridized carbons (Fsp3) is 0.684. The maximum atomic E-state index is 5.85. The van der Waals surface area contributed by atoms with Gasteiger partial charge in [0.15, 0.2) is 0 Å². The largest absolute Gasteiger partial charge is 0.378 e. The fourth-order valence-electron chi connectivity index (χ4n) is 3.86. The van der Waals surface area contributed by atoms with Crippen molar-refractivity contribution in [1.82, 2.24) is 5.32 Å². The Kier molecular flexibility index (Phi) is 4.97. The molecule has 1 aliphatic heterocycles. The molecule has 0 spiro atoms. The second-order valence-electron chi connectivity index (χ2n) is 6.72. The molecule has 1 aliphatic carbocycles. The minimum atomic E-state index is 0.369. The molecule has 2 heteroatoms. The predicted octanol–water partition coefficient (Wildman–Crippen LogP) is 4.42. The molecule has 0 aromatic heterocycles. The van der Waals surface area contributed by atoms with Gasteiger partial charge in [0.2, 0.25) is 0 Å². The summed E-state index contributed by atoms with van der Waals surface area (Å²) >= 11 is 0. The third-order valence-electron chi connectivity index (χ3n) is 5.35. The Labute approximate surface area is 129 Å². The molecule has 1 N–H and O–H groups in total. The SMILES string of the molecule is CCCNC(c1ccccc1C1CCC1)C1CCOC1C. The van der Waals surface area contributed by atoms with E-state index in [9.17, 15) is 0 Å². The number of nitrogens with one attached hydrogen (secondary N) is 1. The van der Waals surface area contributed by atoms with Gasteiger partial charge < -0.3 is 10.1 Å². The van der Waals surface area contributed by atoms with Crippen LogP contribution in [-0.2, 0) is 4.74 Å². The second kappa shape index (κ2) is 6.93. The van der Waals surface area contributed by atoms with Crippen molar-refractivity contribution in [2.75, 3.05) is 13.2 Å². The average molecular weight is 287 g/mol. The molecule has 1 saturated heterocycles. The first-order valence-electron chi connectivity index (χ1n) is 8.75. The summed E-state index contributed by atoms with van der Waals surface area (Å²) in [5.74, 6) is 1.41. The van der Waals surface area contributed by atoms with Gasteiger partial charge >= 0.3 is 0 Å². The van der Waals surface area contributed by atoms with Crippen LogP contribution in [0.5, 0.6) is 0 Å². The summed E-state index contributed by atoms with van der Waals surface area (Å²) in [6.45, 7) is 6.50. The Morgan fingerprint density at radius 2 is 2.05 bits per heavy atom. The molecule has 3 rings (SSSR count). The minimum Gasteiger partial charge on any atom is -0.378 e. The molecule has 2 aliphatic rings. The van der Waals surface area contributed by atoms with E-state index < -0.39 is 0 Å². The molecule has 0 amide bonds. The lowest BCUT2D eigenvalue weighted by atomic mass is 9.75. The predicted molar refractivity (Wildman–Crippen MR) is 87.6 cm³/mol. The maximum absolute atomic E-state index is 5.85. The fourth-order valence-corrected chi connectivity index (χ4v) is 3.86. The van der Waals surface area contributed by atoms with E-state index in [1.54, 1.807) is 5.56 Å². The van der Waals surface area contributed by atoms with Crippen molar-refractivity contribution >= 4 is 0 Å². The van der Waals surface area contributed by atoms with Gasteiger partial charge in [0.1, 0.15) is 0 Å². The van der Waals surface area contributed by atoms with E-state index in [2.05, 4.69) is 43.4 Å². The van der Waals surface area contributed by atoms with E-state index in [1.165, 1.54) is 37.7 Å². The Balaban J connectivity index is 1.88. The van der Waals surface area contributed by atoms with Gasteiger partial charge in [0.05, 0.1) is 6.10 Å². The molecular weight excluding hydrogens is 258 g/mol. The molecule has 1 heterocycles. The van der Waals surface area contributed by atoms with E-state index in [0.29, 0.717) is 18.1 Å². The lowest BCUT2D eigenvalue weighted by molar-refractivity contribution is 0.0951. The third-order valence-corrected chi connectivity index (χ3v) is 5.35. The highest BCUT2D eigenvalue weighted by Crippen LogP contribution is 2.42. The number of hydrogen-bond acceptors (Lipinski definition) is 2. The molecule has 116 valence electrons. The highest BCUT2D eigenvalue weighted by atomic mass is 16.5. The van der Waals surface area contributed by atoms with Gasteiger partial charge in [-0.25, -0.2) is 0 Å². The molecule has 21 heavy (non-hydrogen) atoms. The highest BCUT2D eigenvalue weighted by Gasteiger charge is 2.34. The Morgan fingerprint density at radius 3 is 2.67 bits per heavy atom. The van der Waals surface area contributed by atoms with E-state index >= 15 is 0 Å². The Morgan fingerprint density at radius 1 is 1.24 bits per heavy atom. The summed E-state index contributed by atoms with van der Waals surface area (Å²) in [6.07, 6.45) is 6.87. The van der Waals surface area contributed by atoms with Gasteiger partial charge in [-0.05, 0) is 56.2 Å². The van der Waals surface area contributed by atoms with Gasteiger partial charge in [-0.3, -0.25) is 0 Å². The van der Waals surface area contributed by atoms with Crippen molar-refractivity contribution in [3.05, 3.63) is 35.4 Å². The Hall–Kier alpha value is -0.860. The molecular formula is C19H29NO. The van der Waals surface area contributed by atoms with Crippen molar-refractivity contribution in [1.29, 1.82) is 0 Å². The molecule has 3 atom stereocenters. The van der Waals surface area contributed by atoms with Gasteiger partial charge in [0, 0.05) is 18.6 Å². The average Bonchev–Trinajstić information content (AvgIpc) is 2.85. The highest BCUT2D eigenvalue weighted by molar-refractivity contribution is 5.35. The van der Waals surface area contributed by atoms with Crippen molar-refractivity contribution < 1.29 is 4.74 Å². The van der Waals surface area contributed by atoms with Crippen LogP contribution in [0.4, 0.5) is 0 Å². The van der Waals surface area contributed by atoms with Crippen LogP contribution in [0.3, 0.4) is 0 Å². The zero-order chi connectivity index (χ0) is 14.7. The smallest absolute Gasteiger partial charge is 0.0594 e. The zero-order valence-electron chi connectivity index (χ0n) is 13.5. The molecule has 0 bridgehead atoms. The number of ether oxygens (including phenoxy) is 1. The van der Waals surface area contributed by atoms with Gasteiger partial charge in [-0.1, -0.05) is 37.6 Å². The second-order valence-corrected chi connectivity index (χ2v) is 6.72. The van der Waals surface area contributed by atoms with Crippen LogP contribution in [-0.4, -0.2) is 19.3 Å². The van der Waals surface area contributed by atoms with Crippen LogP contribution >= 0.6 is 0 Å². The summed E-state index contributed by atoms with van der Waals surface area (Å²) in [6, 6.07) is 9.59. The normalized spacial score (nSPS) is 27.5. The third kappa shape index (κ3) is 3.17. The van der Waals surface area contributed by atoms with Crippen molar-refractivity contribution in [2.45, 2.75) is 64.0 Å². The quantitative estimate of drug-likeness (QED) is 0.836. The van der Waals surface area contributed by atoms with Crippen LogP contribution < -0.4 is 5.32 Å². The summed E-state index contributed by atoms with van der Waals surface area (Å²) in [7, 11) is 0. The first-order valence-corrected chi connectivity index (χ1v) is 8.75. The van der Waals surface area contributed by atoms with Gasteiger partial charge in [0.25, 0.3) is 0 Å². The summed E-state index contributed by atoms with van der Waals surface area (Å²) in [4.78, 5) is 0. The minimum absolute atomic E-state index is 0.369. The summed E-state index contributed by atoms with van der Waals surface area (Å²) in [5.41, 5.74) is 3.13. The van der Waals surface area contributed by atoms with Gasteiger partial charge in [-0.15, -0.1) is 0 Å². The van der Waals surface area contributed by atoms with Crippen molar-refractivity contribution in [3.8, 4) is 0 Å².